The first-order valence-electron chi connectivity index (χ1n) is 9.71. The van der Waals surface area contributed by atoms with Crippen molar-refractivity contribution >= 4 is 15.7 Å². The van der Waals surface area contributed by atoms with Gasteiger partial charge in [-0.25, -0.2) is 12.8 Å². The Morgan fingerprint density at radius 3 is 2.34 bits per heavy atom. The number of carbonyl (C=O) groups excluding carboxylic acids is 1. The maximum atomic E-state index is 13.4. The van der Waals surface area contributed by atoms with Crippen LogP contribution >= 0.6 is 0 Å². The lowest BCUT2D eigenvalue weighted by atomic mass is 9.74. The molecule has 1 aliphatic rings. The second-order valence-electron chi connectivity index (χ2n) is 7.67. The second-order valence-corrected chi connectivity index (χ2v) is 10.1. The lowest BCUT2D eigenvalue weighted by molar-refractivity contribution is 0.0486. The third kappa shape index (κ3) is 4.51. The van der Waals surface area contributed by atoms with Crippen LogP contribution in [0.1, 0.15) is 42.6 Å². The zero-order valence-electron chi connectivity index (χ0n) is 16.7. The van der Waals surface area contributed by atoms with Gasteiger partial charge in [0.15, 0.2) is 9.84 Å². The number of rotatable bonds is 6. The van der Waals surface area contributed by atoms with Crippen molar-refractivity contribution in [3.8, 4) is 0 Å². The predicted molar refractivity (Wildman–Crippen MR) is 109 cm³/mol. The van der Waals surface area contributed by atoms with Gasteiger partial charge in [0, 0.05) is 25.2 Å². The van der Waals surface area contributed by atoms with Gasteiger partial charge in [0.25, 0.3) is 5.91 Å². The lowest BCUT2D eigenvalue weighted by Crippen LogP contribution is -2.44. The molecule has 3 rings (SSSR count). The summed E-state index contributed by atoms with van der Waals surface area (Å²) in [5.74, 6) is -0.745. The van der Waals surface area contributed by atoms with Crippen molar-refractivity contribution in [3.63, 3.8) is 0 Å². The number of sulfone groups is 1. The van der Waals surface area contributed by atoms with Gasteiger partial charge in [-0.15, -0.1) is 0 Å². The molecule has 0 aliphatic carbocycles. The molecule has 0 saturated carbocycles. The van der Waals surface area contributed by atoms with E-state index >= 15 is 0 Å². The molecule has 7 heteroatoms. The zero-order valence-corrected chi connectivity index (χ0v) is 17.5. The van der Waals surface area contributed by atoms with Crippen LogP contribution < -0.4 is 5.32 Å². The minimum atomic E-state index is -3.59. The normalized spacial score (nSPS) is 16.6. The van der Waals surface area contributed by atoms with Gasteiger partial charge in [-0.2, -0.15) is 0 Å². The summed E-state index contributed by atoms with van der Waals surface area (Å²) in [5, 5.41) is 2.29. The summed E-state index contributed by atoms with van der Waals surface area (Å²) in [7, 11) is -3.59. The van der Waals surface area contributed by atoms with Crippen LogP contribution in [0.5, 0.6) is 0 Å². The van der Waals surface area contributed by atoms with E-state index in [1.165, 1.54) is 24.3 Å². The van der Waals surface area contributed by atoms with Crippen LogP contribution in [-0.4, -0.2) is 39.3 Å². The SMILES string of the molecule is CC(C)S(=O)(=O)c1ccccc1C(=O)NCC1(c2ccc(F)cc2)CCOCC1. The molecule has 2 aromatic rings. The number of amides is 1. The van der Waals surface area contributed by atoms with E-state index < -0.39 is 21.0 Å². The molecule has 0 radical (unpaired) electrons. The van der Waals surface area contributed by atoms with Crippen molar-refractivity contribution in [2.24, 2.45) is 0 Å². The van der Waals surface area contributed by atoms with Crippen LogP contribution in [0, 0.1) is 5.82 Å². The first-order valence-corrected chi connectivity index (χ1v) is 11.3. The molecule has 1 saturated heterocycles. The molecule has 1 fully saturated rings. The molecule has 0 spiro atoms. The summed E-state index contributed by atoms with van der Waals surface area (Å²) in [6, 6.07) is 12.6. The van der Waals surface area contributed by atoms with Crippen LogP contribution in [0.15, 0.2) is 53.4 Å². The molecule has 2 aromatic carbocycles. The van der Waals surface area contributed by atoms with Crippen LogP contribution in [0.3, 0.4) is 0 Å². The van der Waals surface area contributed by atoms with Crippen molar-refractivity contribution in [1.82, 2.24) is 5.32 Å². The summed E-state index contributed by atoms with van der Waals surface area (Å²) < 4.78 is 44.2. The maximum Gasteiger partial charge on any atom is 0.252 e. The Labute approximate surface area is 171 Å². The highest BCUT2D eigenvalue weighted by Crippen LogP contribution is 2.34. The fraction of sp³-hybridized carbons (Fsp3) is 0.409. The van der Waals surface area contributed by atoms with Gasteiger partial charge >= 0.3 is 0 Å². The van der Waals surface area contributed by atoms with Gasteiger partial charge in [0.1, 0.15) is 5.82 Å². The summed E-state index contributed by atoms with van der Waals surface area (Å²) >= 11 is 0. The Kier molecular flexibility index (Phi) is 6.39. The summed E-state index contributed by atoms with van der Waals surface area (Å²) in [6.07, 6.45) is 1.37. The van der Waals surface area contributed by atoms with Gasteiger partial charge in [-0.3, -0.25) is 4.79 Å². The molecule has 0 bridgehead atoms. The fourth-order valence-electron chi connectivity index (χ4n) is 3.63. The molecule has 29 heavy (non-hydrogen) atoms. The van der Waals surface area contributed by atoms with Crippen molar-refractivity contribution < 1.29 is 22.3 Å². The van der Waals surface area contributed by atoms with Gasteiger partial charge in [0.05, 0.1) is 15.7 Å². The number of halogens is 1. The van der Waals surface area contributed by atoms with Crippen LogP contribution in [0.25, 0.3) is 0 Å². The number of hydrogen-bond donors (Lipinski definition) is 1. The molecule has 1 N–H and O–H groups in total. The van der Waals surface area contributed by atoms with Crippen LogP contribution in [-0.2, 0) is 20.0 Å². The largest absolute Gasteiger partial charge is 0.381 e. The highest BCUT2D eigenvalue weighted by Gasteiger charge is 2.35. The average Bonchev–Trinajstić information content (AvgIpc) is 2.73. The first kappa shape index (κ1) is 21.5. The van der Waals surface area contributed by atoms with Crippen LogP contribution in [0.2, 0.25) is 0 Å². The predicted octanol–water partition coefficient (Wildman–Crippen LogP) is 3.49. The molecule has 5 nitrogen and oxygen atoms in total. The minimum Gasteiger partial charge on any atom is -0.381 e. The standard InChI is InChI=1S/C22H26FNO4S/c1-16(2)29(26,27)20-6-4-3-5-19(20)21(25)24-15-22(11-13-28-14-12-22)17-7-9-18(23)10-8-17/h3-10,16H,11-15H2,1-2H3,(H,24,25). The number of hydrogen-bond acceptors (Lipinski definition) is 4. The van der Waals surface area contributed by atoms with Crippen molar-refractivity contribution in [2.45, 2.75) is 42.2 Å². The topological polar surface area (TPSA) is 72.5 Å². The van der Waals surface area contributed by atoms with E-state index in [0.29, 0.717) is 32.6 Å². The van der Waals surface area contributed by atoms with Gasteiger partial charge in [0.2, 0.25) is 0 Å². The van der Waals surface area contributed by atoms with Gasteiger partial charge in [-0.05, 0) is 56.5 Å². The summed E-state index contributed by atoms with van der Waals surface area (Å²) in [6.45, 7) is 4.60. The van der Waals surface area contributed by atoms with Crippen molar-refractivity contribution in [2.75, 3.05) is 19.8 Å². The molecule has 0 unspecified atom stereocenters. The molecular formula is C22H26FNO4S. The van der Waals surface area contributed by atoms with E-state index in [0.717, 1.165) is 5.56 Å². The van der Waals surface area contributed by atoms with E-state index in [9.17, 15) is 17.6 Å². The second kappa shape index (κ2) is 8.63. The van der Waals surface area contributed by atoms with E-state index in [1.807, 2.05) is 0 Å². The highest BCUT2D eigenvalue weighted by atomic mass is 32.2. The Morgan fingerprint density at radius 1 is 1.10 bits per heavy atom. The molecule has 156 valence electrons. The Hall–Kier alpha value is -2.25. The maximum absolute atomic E-state index is 13.4. The highest BCUT2D eigenvalue weighted by molar-refractivity contribution is 7.92. The van der Waals surface area contributed by atoms with Crippen molar-refractivity contribution in [1.29, 1.82) is 0 Å². The monoisotopic (exact) mass is 419 g/mol. The van der Waals surface area contributed by atoms with Gasteiger partial charge < -0.3 is 10.1 Å². The molecule has 0 aromatic heterocycles. The molecule has 0 atom stereocenters. The summed E-state index contributed by atoms with van der Waals surface area (Å²) in [5.41, 5.74) is 0.695. The molecular weight excluding hydrogens is 393 g/mol. The van der Waals surface area contributed by atoms with E-state index in [-0.39, 0.29) is 21.7 Å². The third-order valence-corrected chi connectivity index (χ3v) is 7.76. The Bertz CT molecular complexity index is 965. The van der Waals surface area contributed by atoms with Crippen molar-refractivity contribution in [3.05, 3.63) is 65.5 Å². The smallest absolute Gasteiger partial charge is 0.252 e. The number of ether oxygens (including phenoxy) is 1. The first-order chi connectivity index (χ1) is 13.8. The average molecular weight is 420 g/mol. The quantitative estimate of drug-likeness (QED) is 0.778. The number of benzene rings is 2. The van der Waals surface area contributed by atoms with E-state index in [2.05, 4.69) is 5.32 Å². The molecule has 1 heterocycles. The zero-order chi connectivity index (χ0) is 21.1. The third-order valence-electron chi connectivity index (χ3n) is 5.55. The Balaban J connectivity index is 1.86. The minimum absolute atomic E-state index is 0.0373. The lowest BCUT2D eigenvalue weighted by Gasteiger charge is -2.38. The fourth-order valence-corrected chi connectivity index (χ4v) is 4.88. The number of nitrogens with one attached hydrogen (secondary N) is 1. The molecule has 1 aliphatic heterocycles. The van der Waals surface area contributed by atoms with Gasteiger partial charge in [-0.1, -0.05) is 24.3 Å². The van der Waals surface area contributed by atoms with Crippen LogP contribution in [0.4, 0.5) is 4.39 Å². The molecule has 1 amide bonds. The van der Waals surface area contributed by atoms with E-state index in [4.69, 9.17) is 4.74 Å². The van der Waals surface area contributed by atoms with E-state index in [1.54, 1.807) is 38.1 Å². The summed E-state index contributed by atoms with van der Waals surface area (Å²) in [4.78, 5) is 13.0. The Morgan fingerprint density at radius 2 is 1.72 bits per heavy atom. The number of carbonyl (C=O) groups is 1.